The number of piperidine rings is 1. The number of ether oxygens (including phenoxy) is 1. The van der Waals surface area contributed by atoms with Gasteiger partial charge in [-0.2, -0.15) is 0 Å². The van der Waals surface area contributed by atoms with E-state index in [0.29, 0.717) is 6.73 Å². The van der Waals surface area contributed by atoms with Gasteiger partial charge < -0.3 is 14.9 Å². The normalized spacial score (nSPS) is 17.9. The Bertz CT molecular complexity index is 272. The molecule has 0 spiro atoms. The van der Waals surface area contributed by atoms with Crippen LogP contribution >= 0.6 is 0 Å². The van der Waals surface area contributed by atoms with Crippen LogP contribution < -0.4 is 0 Å². The highest BCUT2D eigenvalue weighted by molar-refractivity contribution is 5.97. The zero-order valence-electron chi connectivity index (χ0n) is 10.0. The smallest absolute Gasteiger partial charge is 0.323 e. The van der Waals surface area contributed by atoms with E-state index in [1.807, 2.05) is 0 Å². The Labute approximate surface area is 100 Å². The fourth-order valence-electron chi connectivity index (χ4n) is 1.68. The van der Waals surface area contributed by atoms with Crippen molar-refractivity contribution < 1.29 is 24.5 Å². The van der Waals surface area contributed by atoms with Crippen LogP contribution in [0.5, 0.6) is 0 Å². The number of aliphatic carboxylic acids is 2. The van der Waals surface area contributed by atoms with Crippen molar-refractivity contribution in [1.29, 1.82) is 0 Å². The molecule has 0 aromatic carbocycles. The van der Waals surface area contributed by atoms with Crippen LogP contribution in [0.25, 0.3) is 0 Å². The predicted molar refractivity (Wildman–Crippen MR) is 59.6 cm³/mol. The maximum absolute atomic E-state index is 10.9. The summed E-state index contributed by atoms with van der Waals surface area (Å²) in [4.78, 5) is 23.8. The number of hydrogen-bond donors (Lipinski definition) is 2. The third-order valence-corrected chi connectivity index (χ3v) is 3.06. The summed E-state index contributed by atoms with van der Waals surface area (Å²) in [6.07, 6.45) is 3.43. The number of hydrogen-bond acceptors (Lipinski definition) is 4. The molecular formula is C11H19NO5. The van der Waals surface area contributed by atoms with Crippen molar-refractivity contribution in [3.8, 4) is 0 Å². The van der Waals surface area contributed by atoms with E-state index in [2.05, 4.69) is 4.90 Å². The molecule has 0 aliphatic carbocycles. The molecule has 0 unspecified atom stereocenters. The van der Waals surface area contributed by atoms with Gasteiger partial charge in [-0.15, -0.1) is 0 Å². The Hall–Kier alpha value is -1.14. The maximum atomic E-state index is 10.9. The molecule has 0 radical (unpaired) electrons. The van der Waals surface area contributed by atoms with Crippen LogP contribution in [0, 0.1) is 5.41 Å². The van der Waals surface area contributed by atoms with E-state index >= 15 is 0 Å². The minimum Gasteiger partial charge on any atom is -0.480 e. The number of likely N-dealkylation sites (tertiary alicyclic amines) is 1. The molecule has 6 heteroatoms. The number of rotatable bonds is 6. The Morgan fingerprint density at radius 1 is 1.18 bits per heavy atom. The van der Waals surface area contributed by atoms with Gasteiger partial charge >= 0.3 is 11.9 Å². The van der Waals surface area contributed by atoms with Gasteiger partial charge in [-0.25, -0.2) is 0 Å². The molecule has 1 saturated heterocycles. The van der Waals surface area contributed by atoms with Gasteiger partial charge in [-0.05, 0) is 19.8 Å². The summed E-state index contributed by atoms with van der Waals surface area (Å²) in [6.45, 7) is 3.01. The number of carboxylic acid groups (broad SMARTS) is 2. The molecule has 0 amide bonds. The minimum atomic E-state index is -1.87. The van der Waals surface area contributed by atoms with Gasteiger partial charge in [0.25, 0.3) is 0 Å². The highest BCUT2D eigenvalue weighted by atomic mass is 16.5. The van der Waals surface area contributed by atoms with E-state index in [0.717, 1.165) is 32.9 Å². The van der Waals surface area contributed by atoms with Gasteiger partial charge in [0.15, 0.2) is 5.41 Å². The first kappa shape index (κ1) is 13.9. The lowest BCUT2D eigenvalue weighted by Crippen LogP contribution is -2.42. The number of carbonyl (C=O) groups is 2. The molecule has 6 nitrogen and oxygen atoms in total. The molecular weight excluding hydrogens is 226 g/mol. The van der Waals surface area contributed by atoms with Gasteiger partial charge in [0.1, 0.15) is 0 Å². The first-order valence-electron chi connectivity index (χ1n) is 5.74. The van der Waals surface area contributed by atoms with Gasteiger partial charge in [0, 0.05) is 13.1 Å². The molecule has 0 bridgehead atoms. The molecule has 1 aliphatic heterocycles. The summed E-state index contributed by atoms with van der Waals surface area (Å²) < 4.78 is 5.23. The Morgan fingerprint density at radius 2 is 1.71 bits per heavy atom. The molecule has 2 N–H and O–H groups in total. The van der Waals surface area contributed by atoms with E-state index in [1.165, 1.54) is 6.42 Å². The van der Waals surface area contributed by atoms with Crippen molar-refractivity contribution in [3.05, 3.63) is 0 Å². The monoisotopic (exact) mass is 245 g/mol. The summed E-state index contributed by atoms with van der Waals surface area (Å²) in [5, 5.41) is 17.7. The van der Waals surface area contributed by atoms with Crippen molar-refractivity contribution in [2.24, 2.45) is 5.41 Å². The Morgan fingerprint density at radius 3 is 2.18 bits per heavy atom. The zero-order valence-corrected chi connectivity index (χ0v) is 10.0. The largest absolute Gasteiger partial charge is 0.480 e. The molecule has 0 aromatic rings. The average Bonchev–Trinajstić information content (AvgIpc) is 2.29. The summed E-state index contributed by atoms with van der Waals surface area (Å²) in [5.74, 6) is -2.74. The lowest BCUT2D eigenvalue weighted by molar-refractivity contribution is -0.169. The van der Waals surface area contributed by atoms with Crippen molar-refractivity contribution in [1.82, 2.24) is 4.90 Å². The van der Waals surface area contributed by atoms with Gasteiger partial charge in [0.2, 0.25) is 0 Å². The van der Waals surface area contributed by atoms with E-state index in [4.69, 9.17) is 14.9 Å². The highest BCUT2D eigenvalue weighted by Gasteiger charge is 2.42. The van der Waals surface area contributed by atoms with Crippen LogP contribution in [0.1, 0.15) is 26.2 Å². The van der Waals surface area contributed by atoms with Gasteiger partial charge in [-0.1, -0.05) is 6.42 Å². The van der Waals surface area contributed by atoms with E-state index in [-0.39, 0.29) is 6.61 Å². The van der Waals surface area contributed by atoms with Gasteiger partial charge in [0.05, 0.1) is 13.3 Å². The zero-order chi connectivity index (χ0) is 12.9. The summed E-state index contributed by atoms with van der Waals surface area (Å²) in [7, 11) is 0. The Balaban J connectivity index is 2.37. The quantitative estimate of drug-likeness (QED) is 0.667. The van der Waals surface area contributed by atoms with Crippen molar-refractivity contribution in [2.75, 3.05) is 26.4 Å². The maximum Gasteiger partial charge on any atom is 0.323 e. The van der Waals surface area contributed by atoms with Gasteiger partial charge in [-0.3, -0.25) is 14.5 Å². The Kier molecular flexibility index (Phi) is 4.89. The standard InChI is InChI=1S/C11H19NO5/c1-11(9(13)14,10(15)16)7-17-8-12-5-3-2-4-6-12/h2-8H2,1H3,(H,13,14)(H,15,16). The molecule has 0 aromatic heterocycles. The van der Waals surface area contributed by atoms with Crippen molar-refractivity contribution >= 4 is 11.9 Å². The van der Waals surface area contributed by atoms with Crippen LogP contribution in [-0.2, 0) is 14.3 Å². The van der Waals surface area contributed by atoms with Crippen LogP contribution in [0.2, 0.25) is 0 Å². The SMILES string of the molecule is CC(COCN1CCCCC1)(C(=O)O)C(=O)O. The van der Waals surface area contributed by atoms with Crippen LogP contribution in [0.15, 0.2) is 0 Å². The molecule has 1 heterocycles. The molecule has 0 atom stereocenters. The third-order valence-electron chi connectivity index (χ3n) is 3.06. The predicted octanol–water partition coefficient (Wildman–Crippen LogP) is 0.622. The van der Waals surface area contributed by atoms with E-state index in [1.54, 1.807) is 0 Å². The first-order valence-corrected chi connectivity index (χ1v) is 5.74. The number of nitrogens with zero attached hydrogens (tertiary/aromatic N) is 1. The van der Waals surface area contributed by atoms with Crippen LogP contribution in [0.4, 0.5) is 0 Å². The molecule has 0 saturated carbocycles. The van der Waals surface area contributed by atoms with E-state index in [9.17, 15) is 9.59 Å². The summed E-state index contributed by atoms with van der Waals surface area (Å²) >= 11 is 0. The van der Waals surface area contributed by atoms with Crippen molar-refractivity contribution in [3.63, 3.8) is 0 Å². The molecule has 1 fully saturated rings. The second-order valence-corrected chi connectivity index (χ2v) is 4.60. The molecule has 1 aliphatic rings. The second-order valence-electron chi connectivity index (χ2n) is 4.60. The topological polar surface area (TPSA) is 87.1 Å². The second kappa shape index (κ2) is 5.97. The molecule has 1 rings (SSSR count). The highest BCUT2D eigenvalue weighted by Crippen LogP contribution is 2.18. The number of carboxylic acids is 2. The lowest BCUT2D eigenvalue weighted by Gasteiger charge is -2.27. The molecule has 17 heavy (non-hydrogen) atoms. The average molecular weight is 245 g/mol. The van der Waals surface area contributed by atoms with Crippen LogP contribution in [-0.4, -0.2) is 53.5 Å². The lowest BCUT2D eigenvalue weighted by atomic mass is 9.92. The summed E-state index contributed by atoms with van der Waals surface area (Å²) in [5.41, 5.74) is -1.87. The third kappa shape index (κ3) is 3.67. The fraction of sp³-hybridized carbons (Fsp3) is 0.818. The van der Waals surface area contributed by atoms with Crippen LogP contribution in [0.3, 0.4) is 0 Å². The summed E-state index contributed by atoms with van der Waals surface area (Å²) in [6, 6.07) is 0. The molecule has 98 valence electrons. The fourth-order valence-corrected chi connectivity index (χ4v) is 1.68. The van der Waals surface area contributed by atoms with Crippen molar-refractivity contribution in [2.45, 2.75) is 26.2 Å². The minimum absolute atomic E-state index is 0.302. The van der Waals surface area contributed by atoms with E-state index < -0.39 is 17.4 Å². The first-order chi connectivity index (χ1) is 7.97.